The molecule has 3 nitrogen and oxygen atoms in total. The van der Waals surface area contributed by atoms with Crippen molar-refractivity contribution in [3.05, 3.63) is 35.9 Å². The number of hydrogen-bond acceptors (Lipinski definition) is 3. The molecule has 1 aliphatic rings. The monoisotopic (exact) mass is 274 g/mol. The number of carbonyl (C=O) groups is 1. The largest absolute Gasteiger partial charge is 0.301 e. The zero-order chi connectivity index (χ0) is 14.4. The molecule has 0 N–H and O–H groups in total. The second-order valence-electron chi connectivity index (χ2n) is 5.67. The van der Waals surface area contributed by atoms with Gasteiger partial charge in [-0.3, -0.25) is 9.69 Å². The summed E-state index contributed by atoms with van der Waals surface area (Å²) in [5, 5.41) is 0. The van der Waals surface area contributed by atoms with Crippen molar-refractivity contribution in [2.75, 3.05) is 32.7 Å². The average Bonchev–Trinajstić information content (AvgIpc) is 2.48. The predicted octanol–water partition coefficient (Wildman–Crippen LogP) is 2.68. The van der Waals surface area contributed by atoms with Gasteiger partial charge in [-0.05, 0) is 26.4 Å². The maximum Gasteiger partial charge on any atom is 0.162 e. The molecule has 1 saturated heterocycles. The number of ketones is 1. The molecule has 2 rings (SSSR count). The molecule has 1 aromatic rings. The molecular weight excluding hydrogens is 248 g/mol. The Morgan fingerprint density at radius 2 is 2.00 bits per heavy atom. The van der Waals surface area contributed by atoms with Crippen LogP contribution in [0.1, 0.15) is 37.0 Å². The van der Waals surface area contributed by atoms with Crippen molar-refractivity contribution in [2.24, 2.45) is 0 Å². The number of carbonyl (C=O) groups excluding carboxylic acids is 1. The Labute approximate surface area is 122 Å². The highest BCUT2D eigenvalue weighted by Crippen LogP contribution is 2.11. The van der Waals surface area contributed by atoms with E-state index < -0.39 is 0 Å². The third-order valence-corrected chi connectivity index (χ3v) is 4.23. The normalized spacial score (nSPS) is 21.0. The summed E-state index contributed by atoms with van der Waals surface area (Å²) in [6.07, 6.45) is 1.62. The van der Waals surface area contributed by atoms with E-state index in [0.29, 0.717) is 12.5 Å². The highest BCUT2D eigenvalue weighted by atomic mass is 16.1. The zero-order valence-corrected chi connectivity index (χ0v) is 12.7. The summed E-state index contributed by atoms with van der Waals surface area (Å²) in [6.45, 7) is 10.1. The molecule has 3 heteroatoms. The second kappa shape index (κ2) is 7.55. The summed E-state index contributed by atoms with van der Waals surface area (Å²) < 4.78 is 0. The summed E-state index contributed by atoms with van der Waals surface area (Å²) in [4.78, 5) is 17.0. The minimum Gasteiger partial charge on any atom is -0.301 e. The van der Waals surface area contributed by atoms with Crippen LogP contribution in [0.25, 0.3) is 0 Å². The Kier molecular flexibility index (Phi) is 5.74. The quantitative estimate of drug-likeness (QED) is 0.745. The number of Topliss-reactive ketones (excluding diaryl/α,β-unsaturated/α-hetero) is 1. The van der Waals surface area contributed by atoms with Crippen molar-refractivity contribution < 1.29 is 4.79 Å². The van der Waals surface area contributed by atoms with Crippen molar-refractivity contribution in [3.63, 3.8) is 0 Å². The summed E-state index contributed by atoms with van der Waals surface area (Å²) in [7, 11) is 0. The summed E-state index contributed by atoms with van der Waals surface area (Å²) in [5.74, 6) is 0.269. The SMILES string of the molecule is CCN1CCN(CCCC(=O)c2ccccc2)CC1C. The molecule has 1 fully saturated rings. The topological polar surface area (TPSA) is 23.6 Å². The first-order valence-electron chi connectivity index (χ1n) is 7.75. The highest BCUT2D eigenvalue weighted by molar-refractivity contribution is 5.95. The van der Waals surface area contributed by atoms with Gasteiger partial charge in [0.1, 0.15) is 0 Å². The number of piperazine rings is 1. The summed E-state index contributed by atoms with van der Waals surface area (Å²) >= 11 is 0. The molecule has 1 heterocycles. The lowest BCUT2D eigenvalue weighted by atomic mass is 10.1. The summed E-state index contributed by atoms with van der Waals surface area (Å²) in [5.41, 5.74) is 0.844. The van der Waals surface area contributed by atoms with Gasteiger partial charge < -0.3 is 4.90 Å². The van der Waals surface area contributed by atoms with E-state index in [9.17, 15) is 4.79 Å². The smallest absolute Gasteiger partial charge is 0.162 e. The number of hydrogen-bond donors (Lipinski definition) is 0. The van der Waals surface area contributed by atoms with Crippen LogP contribution < -0.4 is 0 Å². The maximum absolute atomic E-state index is 12.0. The van der Waals surface area contributed by atoms with Crippen LogP contribution in [0.15, 0.2) is 30.3 Å². The Balaban J connectivity index is 1.70. The van der Waals surface area contributed by atoms with E-state index in [-0.39, 0.29) is 5.78 Å². The first-order valence-corrected chi connectivity index (χ1v) is 7.75. The van der Waals surface area contributed by atoms with Crippen LogP contribution in [0.3, 0.4) is 0 Å². The van der Waals surface area contributed by atoms with Crippen molar-refractivity contribution in [1.82, 2.24) is 9.80 Å². The van der Waals surface area contributed by atoms with E-state index in [4.69, 9.17) is 0 Å². The van der Waals surface area contributed by atoms with Gasteiger partial charge in [-0.15, -0.1) is 0 Å². The van der Waals surface area contributed by atoms with Crippen LogP contribution in [0.5, 0.6) is 0 Å². The van der Waals surface area contributed by atoms with Crippen molar-refractivity contribution in [3.8, 4) is 0 Å². The van der Waals surface area contributed by atoms with Gasteiger partial charge in [-0.2, -0.15) is 0 Å². The Morgan fingerprint density at radius 1 is 1.25 bits per heavy atom. The number of benzene rings is 1. The molecule has 110 valence electrons. The van der Waals surface area contributed by atoms with Crippen molar-refractivity contribution >= 4 is 5.78 Å². The molecule has 1 aromatic carbocycles. The van der Waals surface area contributed by atoms with Gasteiger partial charge in [0.15, 0.2) is 5.78 Å². The fraction of sp³-hybridized carbons (Fsp3) is 0.588. The van der Waals surface area contributed by atoms with Crippen LogP contribution in [-0.4, -0.2) is 54.3 Å². The summed E-state index contributed by atoms with van der Waals surface area (Å²) in [6, 6.07) is 10.3. The third kappa shape index (κ3) is 4.15. The number of nitrogens with zero attached hydrogens (tertiary/aromatic N) is 2. The molecule has 0 radical (unpaired) electrons. The van der Waals surface area contributed by atoms with Gasteiger partial charge >= 0.3 is 0 Å². The lowest BCUT2D eigenvalue weighted by Crippen LogP contribution is -2.51. The van der Waals surface area contributed by atoms with E-state index in [1.54, 1.807) is 0 Å². The molecule has 0 amide bonds. The fourth-order valence-electron chi connectivity index (χ4n) is 2.98. The van der Waals surface area contributed by atoms with E-state index in [2.05, 4.69) is 23.6 Å². The molecule has 20 heavy (non-hydrogen) atoms. The minimum atomic E-state index is 0.269. The van der Waals surface area contributed by atoms with Crippen LogP contribution in [-0.2, 0) is 0 Å². The van der Waals surface area contributed by atoms with Crippen LogP contribution in [0, 0.1) is 0 Å². The predicted molar refractivity (Wildman–Crippen MR) is 83.2 cm³/mol. The molecule has 0 aliphatic carbocycles. The van der Waals surface area contributed by atoms with Gasteiger partial charge in [0.2, 0.25) is 0 Å². The first-order chi connectivity index (χ1) is 9.70. The Bertz CT molecular complexity index is 418. The van der Waals surface area contributed by atoms with Gasteiger partial charge in [-0.25, -0.2) is 0 Å². The molecule has 0 bridgehead atoms. The molecule has 1 aliphatic heterocycles. The fourth-order valence-corrected chi connectivity index (χ4v) is 2.98. The third-order valence-electron chi connectivity index (χ3n) is 4.23. The number of rotatable bonds is 6. The molecular formula is C17H26N2O. The van der Waals surface area contributed by atoms with E-state index in [1.807, 2.05) is 30.3 Å². The lowest BCUT2D eigenvalue weighted by molar-refractivity contribution is 0.0840. The van der Waals surface area contributed by atoms with E-state index >= 15 is 0 Å². The molecule has 1 unspecified atom stereocenters. The molecule has 0 spiro atoms. The van der Waals surface area contributed by atoms with Crippen LogP contribution >= 0.6 is 0 Å². The molecule has 0 aromatic heterocycles. The van der Waals surface area contributed by atoms with Gasteiger partial charge in [-0.1, -0.05) is 37.3 Å². The minimum absolute atomic E-state index is 0.269. The average molecular weight is 274 g/mol. The van der Waals surface area contributed by atoms with Crippen LogP contribution in [0.4, 0.5) is 0 Å². The maximum atomic E-state index is 12.0. The Morgan fingerprint density at radius 3 is 2.65 bits per heavy atom. The molecule has 1 atom stereocenters. The van der Waals surface area contributed by atoms with E-state index in [0.717, 1.165) is 44.7 Å². The molecule has 0 saturated carbocycles. The van der Waals surface area contributed by atoms with Gasteiger partial charge in [0.25, 0.3) is 0 Å². The lowest BCUT2D eigenvalue weighted by Gasteiger charge is -2.39. The highest BCUT2D eigenvalue weighted by Gasteiger charge is 2.21. The second-order valence-corrected chi connectivity index (χ2v) is 5.67. The van der Waals surface area contributed by atoms with Crippen molar-refractivity contribution in [1.29, 1.82) is 0 Å². The van der Waals surface area contributed by atoms with Crippen LogP contribution in [0.2, 0.25) is 0 Å². The first kappa shape index (κ1) is 15.2. The Hall–Kier alpha value is -1.19. The van der Waals surface area contributed by atoms with Crippen molar-refractivity contribution in [2.45, 2.75) is 32.7 Å². The van der Waals surface area contributed by atoms with Gasteiger partial charge in [0, 0.05) is 37.7 Å². The van der Waals surface area contributed by atoms with E-state index in [1.165, 1.54) is 0 Å². The zero-order valence-electron chi connectivity index (χ0n) is 12.7. The van der Waals surface area contributed by atoms with Gasteiger partial charge in [0.05, 0.1) is 0 Å². The standard InChI is InChI=1S/C17H26N2O/c1-3-19-13-12-18(14-15(19)2)11-7-10-17(20)16-8-5-4-6-9-16/h4-6,8-9,15H,3,7,10-14H2,1-2H3. The number of likely N-dealkylation sites (N-methyl/N-ethyl adjacent to an activating group) is 1.